The van der Waals surface area contributed by atoms with Gasteiger partial charge < -0.3 is 0 Å². The fourth-order valence-corrected chi connectivity index (χ4v) is 3.20. The van der Waals surface area contributed by atoms with E-state index in [0.29, 0.717) is 0 Å². The zero-order chi connectivity index (χ0) is 10.6. The van der Waals surface area contributed by atoms with Gasteiger partial charge in [0.25, 0.3) is 0 Å². The molecule has 2 radical (unpaired) electrons. The van der Waals surface area contributed by atoms with E-state index < -0.39 is 21.6 Å². The Morgan fingerprint density at radius 3 is 2.57 bits per heavy atom. The van der Waals surface area contributed by atoms with Gasteiger partial charge in [-0.25, -0.2) is 0 Å². The van der Waals surface area contributed by atoms with Crippen LogP contribution >= 0.6 is 0 Å². The van der Waals surface area contributed by atoms with Crippen LogP contribution in [-0.4, -0.2) is 27.5 Å². The Labute approximate surface area is 97.9 Å². The molecule has 0 aliphatic rings. The SMILES string of the molecule is C=CC(=O)[O][Sn][CH2]CCCCCCC. The minimum atomic E-state index is -0.864. The van der Waals surface area contributed by atoms with Crippen molar-refractivity contribution in [1.82, 2.24) is 0 Å². The zero-order valence-corrected chi connectivity index (χ0v) is 11.9. The fraction of sp³-hybridized carbons (Fsp3) is 0.727. The van der Waals surface area contributed by atoms with Crippen molar-refractivity contribution in [2.75, 3.05) is 0 Å². The molecule has 0 heterocycles. The van der Waals surface area contributed by atoms with Gasteiger partial charge in [-0.15, -0.1) is 0 Å². The number of rotatable bonds is 9. The molecule has 0 saturated heterocycles. The molecule has 0 aliphatic heterocycles. The van der Waals surface area contributed by atoms with E-state index in [4.69, 9.17) is 3.07 Å². The van der Waals surface area contributed by atoms with Crippen molar-refractivity contribution in [2.45, 2.75) is 49.9 Å². The van der Waals surface area contributed by atoms with Crippen molar-refractivity contribution >= 4 is 27.5 Å². The fourth-order valence-electron chi connectivity index (χ4n) is 1.14. The summed E-state index contributed by atoms with van der Waals surface area (Å²) in [5.74, 6) is -0.234. The first-order valence-electron chi connectivity index (χ1n) is 5.37. The third-order valence-electron chi connectivity index (χ3n) is 1.97. The third kappa shape index (κ3) is 10.1. The topological polar surface area (TPSA) is 26.3 Å². The second-order valence-electron chi connectivity index (χ2n) is 3.29. The number of carbonyl (C=O) groups excluding carboxylic acids is 1. The molecule has 0 N–H and O–H groups in total. The Bertz CT molecular complexity index is 157. The van der Waals surface area contributed by atoms with Gasteiger partial charge >= 0.3 is 97.9 Å². The van der Waals surface area contributed by atoms with E-state index in [9.17, 15) is 4.79 Å². The third-order valence-corrected chi connectivity index (χ3v) is 4.55. The maximum absolute atomic E-state index is 10.7. The van der Waals surface area contributed by atoms with Crippen LogP contribution in [0.25, 0.3) is 0 Å². The Morgan fingerprint density at radius 2 is 1.93 bits per heavy atom. The van der Waals surface area contributed by atoms with E-state index in [0.717, 1.165) is 4.44 Å². The molecule has 0 rings (SSSR count). The average Bonchev–Trinajstić information content (AvgIpc) is 2.21. The molecule has 14 heavy (non-hydrogen) atoms. The van der Waals surface area contributed by atoms with Crippen molar-refractivity contribution in [1.29, 1.82) is 0 Å². The molecule has 0 aromatic heterocycles. The van der Waals surface area contributed by atoms with E-state index in [1.54, 1.807) is 0 Å². The van der Waals surface area contributed by atoms with Gasteiger partial charge in [0.15, 0.2) is 0 Å². The summed E-state index contributed by atoms with van der Waals surface area (Å²) < 4.78 is 6.18. The number of hydrogen-bond acceptors (Lipinski definition) is 2. The Hall–Kier alpha value is 0.00870. The van der Waals surface area contributed by atoms with Crippen LogP contribution in [0.3, 0.4) is 0 Å². The summed E-state index contributed by atoms with van der Waals surface area (Å²) in [5.41, 5.74) is 0. The second-order valence-corrected chi connectivity index (χ2v) is 6.12. The molecule has 0 saturated carbocycles. The van der Waals surface area contributed by atoms with Crippen LogP contribution in [0, 0.1) is 0 Å². The summed E-state index contributed by atoms with van der Waals surface area (Å²) in [6.45, 7) is 5.59. The van der Waals surface area contributed by atoms with Gasteiger partial charge in [-0.1, -0.05) is 0 Å². The van der Waals surface area contributed by atoms with E-state index in [2.05, 4.69) is 13.5 Å². The minimum absolute atomic E-state index is 0.234. The standard InChI is InChI=1S/C8H17.C3H4O2.Sn/c1-3-5-7-8-6-4-2;1-2-3(4)5;/h1,3-8H2,2H3;2H,1H2,(H,4,5);/q;;+1/p-1. The molecule has 2 nitrogen and oxygen atoms in total. The Morgan fingerprint density at radius 1 is 1.29 bits per heavy atom. The maximum atomic E-state index is 10.7. The van der Waals surface area contributed by atoms with Crippen LogP contribution in [0.15, 0.2) is 12.7 Å². The van der Waals surface area contributed by atoms with Gasteiger partial charge in [-0.05, 0) is 0 Å². The van der Waals surface area contributed by atoms with Gasteiger partial charge in [0, 0.05) is 0 Å². The van der Waals surface area contributed by atoms with Gasteiger partial charge in [0.1, 0.15) is 0 Å². The van der Waals surface area contributed by atoms with Crippen LogP contribution in [0.2, 0.25) is 4.44 Å². The predicted octanol–water partition coefficient (Wildman–Crippen LogP) is 3.11. The molecule has 0 bridgehead atoms. The molecule has 0 spiro atoms. The predicted molar refractivity (Wildman–Crippen MR) is 60.2 cm³/mol. The van der Waals surface area contributed by atoms with Gasteiger partial charge in [0.2, 0.25) is 0 Å². The van der Waals surface area contributed by atoms with E-state index >= 15 is 0 Å². The first-order chi connectivity index (χ1) is 6.81. The van der Waals surface area contributed by atoms with Crippen molar-refractivity contribution in [3.05, 3.63) is 12.7 Å². The summed E-state index contributed by atoms with van der Waals surface area (Å²) in [7, 11) is 0. The van der Waals surface area contributed by atoms with Crippen LogP contribution in [0.1, 0.15) is 45.4 Å². The summed E-state index contributed by atoms with van der Waals surface area (Å²) >= 11 is -0.864. The van der Waals surface area contributed by atoms with Crippen molar-refractivity contribution in [2.24, 2.45) is 0 Å². The average molecular weight is 303 g/mol. The molecule has 0 atom stereocenters. The zero-order valence-electron chi connectivity index (χ0n) is 9.05. The first-order valence-corrected chi connectivity index (χ1v) is 8.55. The Kier molecular flexibility index (Phi) is 11.1. The van der Waals surface area contributed by atoms with Gasteiger partial charge in [-0.2, -0.15) is 0 Å². The first kappa shape index (κ1) is 14.0. The quantitative estimate of drug-likeness (QED) is 0.372. The van der Waals surface area contributed by atoms with Crippen molar-refractivity contribution < 1.29 is 7.87 Å². The molecule has 0 aliphatic carbocycles. The van der Waals surface area contributed by atoms with Crippen LogP contribution in [0.5, 0.6) is 0 Å². The van der Waals surface area contributed by atoms with Gasteiger partial charge in [-0.3, -0.25) is 0 Å². The molecule has 0 aromatic carbocycles. The molecular formula is C11H20O2Sn. The summed E-state index contributed by atoms with van der Waals surface area (Å²) in [4.78, 5) is 10.7. The molecular weight excluding hydrogens is 283 g/mol. The van der Waals surface area contributed by atoms with Crippen LogP contribution in [-0.2, 0) is 7.87 Å². The molecule has 0 amide bonds. The molecule has 0 unspecified atom stereocenters. The van der Waals surface area contributed by atoms with Crippen molar-refractivity contribution in [3.8, 4) is 0 Å². The molecule has 0 fully saturated rings. The van der Waals surface area contributed by atoms with Crippen molar-refractivity contribution in [3.63, 3.8) is 0 Å². The van der Waals surface area contributed by atoms with E-state index in [-0.39, 0.29) is 5.97 Å². The van der Waals surface area contributed by atoms with Gasteiger partial charge in [0.05, 0.1) is 0 Å². The van der Waals surface area contributed by atoms with E-state index in [1.807, 2.05) is 0 Å². The number of carbonyl (C=O) groups is 1. The Balaban J connectivity index is 2.99. The van der Waals surface area contributed by atoms with E-state index in [1.165, 1.54) is 44.6 Å². The number of hydrogen-bond donors (Lipinski definition) is 0. The van der Waals surface area contributed by atoms with Crippen LogP contribution in [0.4, 0.5) is 0 Å². The molecule has 0 aromatic rings. The normalized spacial score (nSPS) is 9.79. The summed E-state index contributed by atoms with van der Waals surface area (Å²) in [6, 6.07) is 0. The summed E-state index contributed by atoms with van der Waals surface area (Å²) in [6.07, 6.45) is 9.13. The second kappa shape index (κ2) is 11.1. The van der Waals surface area contributed by atoms with Crippen LogP contribution < -0.4 is 0 Å². The molecule has 80 valence electrons. The summed E-state index contributed by atoms with van der Waals surface area (Å²) in [5, 5.41) is 0. The monoisotopic (exact) mass is 304 g/mol. The molecule has 3 heteroatoms. The number of unbranched alkanes of at least 4 members (excludes halogenated alkanes) is 5.